The lowest BCUT2D eigenvalue weighted by molar-refractivity contribution is -0.128. The van der Waals surface area contributed by atoms with Crippen molar-refractivity contribution in [1.82, 2.24) is 5.32 Å². The topological polar surface area (TPSA) is 81.4 Å². The van der Waals surface area contributed by atoms with E-state index in [1.54, 1.807) is 0 Å². The Morgan fingerprint density at radius 1 is 1.41 bits per heavy atom. The molecule has 0 spiro atoms. The minimum Gasteiger partial charge on any atom is -0.449 e. The number of anilines is 1. The lowest BCUT2D eigenvalue weighted by Crippen LogP contribution is -2.33. The minimum atomic E-state index is -0.868. The first-order valence-electron chi connectivity index (χ1n) is 4.92. The summed E-state index contributed by atoms with van der Waals surface area (Å²) in [6.45, 7) is 1.48. The number of benzene rings is 1. The van der Waals surface area contributed by atoms with Gasteiger partial charge in [0.15, 0.2) is 6.10 Å². The molecule has 0 aliphatic carbocycles. The third-order valence-corrected chi connectivity index (χ3v) is 2.27. The summed E-state index contributed by atoms with van der Waals surface area (Å²) in [5, 5.41) is 2.71. The lowest BCUT2D eigenvalue weighted by atomic mass is 10.2. The van der Waals surface area contributed by atoms with Gasteiger partial charge in [0.05, 0.1) is 5.56 Å². The van der Waals surface area contributed by atoms with Crippen LogP contribution in [0.25, 0.3) is 0 Å². The number of ether oxygens (including phenoxy) is 1. The molecule has 1 rings (SSSR count). The van der Waals surface area contributed by atoms with Crippen LogP contribution in [0.1, 0.15) is 17.3 Å². The quantitative estimate of drug-likeness (QED) is 0.629. The number of carbonyl (C=O) groups is 2. The van der Waals surface area contributed by atoms with Gasteiger partial charge in [-0.05, 0) is 25.1 Å². The maximum absolute atomic E-state index is 11.7. The van der Waals surface area contributed by atoms with Crippen LogP contribution in [0, 0.1) is 0 Å². The van der Waals surface area contributed by atoms with Gasteiger partial charge in [-0.1, -0.05) is 11.6 Å². The molecule has 6 heteroatoms. The van der Waals surface area contributed by atoms with Crippen LogP contribution in [-0.2, 0) is 9.53 Å². The molecule has 0 heterocycles. The van der Waals surface area contributed by atoms with E-state index < -0.39 is 12.1 Å². The normalized spacial score (nSPS) is 11.7. The van der Waals surface area contributed by atoms with Gasteiger partial charge in [-0.3, -0.25) is 4.79 Å². The maximum Gasteiger partial charge on any atom is 0.339 e. The highest BCUT2D eigenvalue weighted by Gasteiger charge is 2.18. The first-order valence-corrected chi connectivity index (χ1v) is 5.30. The Morgan fingerprint density at radius 2 is 2.06 bits per heavy atom. The molecular formula is C11H13ClN2O3. The minimum absolute atomic E-state index is 0.214. The third-order valence-electron chi connectivity index (χ3n) is 2.06. The van der Waals surface area contributed by atoms with E-state index in [4.69, 9.17) is 22.1 Å². The third kappa shape index (κ3) is 3.64. The van der Waals surface area contributed by atoms with E-state index in [0.717, 1.165) is 0 Å². The average molecular weight is 257 g/mol. The summed E-state index contributed by atoms with van der Waals surface area (Å²) in [5.41, 5.74) is 6.11. The fourth-order valence-corrected chi connectivity index (χ4v) is 1.46. The number of nitrogen functional groups attached to an aromatic ring is 1. The second-order valence-corrected chi connectivity index (χ2v) is 3.87. The monoisotopic (exact) mass is 256 g/mol. The first-order chi connectivity index (χ1) is 7.93. The van der Waals surface area contributed by atoms with Gasteiger partial charge >= 0.3 is 5.97 Å². The van der Waals surface area contributed by atoms with Crippen molar-refractivity contribution < 1.29 is 14.3 Å². The van der Waals surface area contributed by atoms with E-state index >= 15 is 0 Å². The van der Waals surface area contributed by atoms with Gasteiger partial charge in [0.1, 0.15) is 0 Å². The Balaban J connectivity index is 2.79. The van der Waals surface area contributed by atoms with E-state index in [1.165, 1.54) is 32.2 Å². The largest absolute Gasteiger partial charge is 0.449 e. The number of hydrogen-bond acceptors (Lipinski definition) is 4. The molecule has 1 aromatic carbocycles. The van der Waals surface area contributed by atoms with Gasteiger partial charge in [-0.25, -0.2) is 4.79 Å². The molecule has 1 atom stereocenters. The van der Waals surface area contributed by atoms with Crippen molar-refractivity contribution in [1.29, 1.82) is 0 Å². The summed E-state index contributed by atoms with van der Waals surface area (Å²) in [6.07, 6.45) is -0.868. The van der Waals surface area contributed by atoms with E-state index in [0.29, 0.717) is 10.7 Å². The molecule has 17 heavy (non-hydrogen) atoms. The van der Waals surface area contributed by atoms with Crippen LogP contribution in [-0.4, -0.2) is 25.0 Å². The molecule has 0 aliphatic rings. The van der Waals surface area contributed by atoms with E-state index in [-0.39, 0.29) is 11.5 Å². The number of hydrogen-bond donors (Lipinski definition) is 2. The molecular weight excluding hydrogens is 244 g/mol. The summed E-state index contributed by atoms with van der Waals surface area (Å²) < 4.78 is 4.93. The van der Waals surface area contributed by atoms with E-state index in [9.17, 15) is 9.59 Å². The molecule has 0 saturated carbocycles. The van der Waals surface area contributed by atoms with E-state index in [2.05, 4.69) is 5.32 Å². The lowest BCUT2D eigenvalue weighted by Gasteiger charge is -2.11. The number of likely N-dealkylation sites (N-methyl/N-ethyl adjacent to an activating group) is 1. The van der Waals surface area contributed by atoms with Crippen molar-refractivity contribution in [3.8, 4) is 0 Å². The number of nitrogens with one attached hydrogen (secondary N) is 1. The molecule has 92 valence electrons. The fraction of sp³-hybridized carbons (Fsp3) is 0.273. The van der Waals surface area contributed by atoms with Crippen molar-refractivity contribution in [3.63, 3.8) is 0 Å². The smallest absolute Gasteiger partial charge is 0.339 e. The zero-order valence-electron chi connectivity index (χ0n) is 9.49. The van der Waals surface area contributed by atoms with Crippen LogP contribution in [0.15, 0.2) is 18.2 Å². The molecule has 1 unspecified atom stereocenters. The van der Waals surface area contributed by atoms with Gasteiger partial charge in [0, 0.05) is 17.8 Å². The molecule has 0 bridgehead atoms. The van der Waals surface area contributed by atoms with Crippen LogP contribution < -0.4 is 11.1 Å². The highest BCUT2D eigenvalue weighted by atomic mass is 35.5. The predicted molar refractivity (Wildman–Crippen MR) is 64.8 cm³/mol. The molecule has 1 amide bonds. The molecule has 1 aromatic rings. The molecule has 0 aromatic heterocycles. The number of halogens is 1. The Morgan fingerprint density at radius 3 is 2.59 bits per heavy atom. The standard InChI is InChI=1S/C11H13ClN2O3/c1-6(10(15)14-2)17-11(16)7-3-8(12)5-9(13)4-7/h3-6H,13H2,1-2H3,(H,14,15). The number of carbonyl (C=O) groups excluding carboxylic acids is 2. The summed E-state index contributed by atoms with van der Waals surface area (Å²) >= 11 is 5.75. The predicted octanol–water partition coefficient (Wildman–Crippen LogP) is 1.21. The van der Waals surface area contributed by atoms with Gasteiger partial charge < -0.3 is 15.8 Å². The highest BCUT2D eigenvalue weighted by Crippen LogP contribution is 2.17. The zero-order valence-corrected chi connectivity index (χ0v) is 10.2. The number of amides is 1. The number of nitrogens with two attached hydrogens (primary N) is 1. The molecule has 3 N–H and O–H groups in total. The van der Waals surface area contributed by atoms with Crippen molar-refractivity contribution >= 4 is 29.2 Å². The van der Waals surface area contributed by atoms with Crippen LogP contribution >= 0.6 is 11.6 Å². The average Bonchev–Trinajstić information content (AvgIpc) is 2.26. The molecule has 0 saturated heterocycles. The van der Waals surface area contributed by atoms with Crippen molar-refractivity contribution in [2.24, 2.45) is 0 Å². The maximum atomic E-state index is 11.7. The van der Waals surface area contributed by atoms with Crippen LogP contribution in [0.4, 0.5) is 5.69 Å². The second kappa shape index (κ2) is 5.54. The Hall–Kier alpha value is -1.75. The Labute approximate surface area is 104 Å². The van der Waals surface area contributed by atoms with Crippen LogP contribution in [0.3, 0.4) is 0 Å². The summed E-state index contributed by atoms with van der Waals surface area (Å²) in [7, 11) is 1.46. The zero-order chi connectivity index (χ0) is 13.0. The van der Waals surface area contributed by atoms with Gasteiger partial charge in [-0.2, -0.15) is 0 Å². The van der Waals surface area contributed by atoms with Crippen LogP contribution in [0.5, 0.6) is 0 Å². The highest BCUT2D eigenvalue weighted by molar-refractivity contribution is 6.31. The van der Waals surface area contributed by atoms with Gasteiger partial charge in [0.2, 0.25) is 0 Å². The van der Waals surface area contributed by atoms with Gasteiger partial charge in [-0.15, -0.1) is 0 Å². The summed E-state index contributed by atoms with van der Waals surface area (Å²) in [5.74, 6) is -1.02. The number of rotatable bonds is 3. The van der Waals surface area contributed by atoms with Gasteiger partial charge in [0.25, 0.3) is 5.91 Å². The SMILES string of the molecule is CNC(=O)C(C)OC(=O)c1cc(N)cc(Cl)c1. The molecule has 5 nitrogen and oxygen atoms in total. The van der Waals surface area contributed by atoms with Crippen molar-refractivity contribution in [3.05, 3.63) is 28.8 Å². The number of esters is 1. The van der Waals surface area contributed by atoms with Crippen molar-refractivity contribution in [2.75, 3.05) is 12.8 Å². The van der Waals surface area contributed by atoms with Crippen molar-refractivity contribution in [2.45, 2.75) is 13.0 Å². The Kier molecular flexibility index (Phi) is 4.34. The molecule has 0 aliphatic heterocycles. The van der Waals surface area contributed by atoms with Crippen LogP contribution in [0.2, 0.25) is 5.02 Å². The summed E-state index contributed by atoms with van der Waals surface area (Å²) in [4.78, 5) is 22.8. The van der Waals surface area contributed by atoms with E-state index in [1.807, 2.05) is 0 Å². The summed E-state index contributed by atoms with van der Waals surface area (Å²) in [6, 6.07) is 4.38. The second-order valence-electron chi connectivity index (χ2n) is 3.44. The molecule has 0 fully saturated rings. The Bertz CT molecular complexity index is 428. The molecule has 0 radical (unpaired) electrons. The first kappa shape index (κ1) is 13.3. The fourth-order valence-electron chi connectivity index (χ4n) is 1.22.